The number of pyridine rings is 1. The number of nitrogens with zero attached hydrogens (tertiary/aromatic N) is 4. The fourth-order valence-electron chi connectivity index (χ4n) is 2.51. The second kappa shape index (κ2) is 7.67. The predicted molar refractivity (Wildman–Crippen MR) is 95.3 cm³/mol. The van der Waals surface area contributed by atoms with Crippen molar-refractivity contribution in [2.45, 2.75) is 13.0 Å². The van der Waals surface area contributed by atoms with Gasteiger partial charge in [-0.3, -0.25) is 15.1 Å². The highest BCUT2D eigenvalue weighted by Gasteiger charge is 2.28. The molecule has 7 nitrogen and oxygen atoms in total. The first kappa shape index (κ1) is 17.4. The molecular formula is C16H14Cl2N4O3. The molecule has 0 saturated heterocycles. The van der Waals surface area contributed by atoms with E-state index in [0.717, 1.165) is 12.0 Å². The molecule has 0 fully saturated rings. The molecule has 0 aromatic carbocycles. The summed E-state index contributed by atoms with van der Waals surface area (Å²) < 4.78 is 5.21. The Morgan fingerprint density at radius 2 is 2.20 bits per heavy atom. The van der Waals surface area contributed by atoms with Crippen molar-refractivity contribution in [2.24, 2.45) is 4.99 Å². The van der Waals surface area contributed by atoms with Gasteiger partial charge >= 0.3 is 5.70 Å². The van der Waals surface area contributed by atoms with Gasteiger partial charge in [-0.2, -0.15) is 0 Å². The van der Waals surface area contributed by atoms with Crippen molar-refractivity contribution in [1.82, 2.24) is 9.88 Å². The van der Waals surface area contributed by atoms with E-state index in [0.29, 0.717) is 36.4 Å². The first-order valence-electron chi connectivity index (χ1n) is 7.54. The van der Waals surface area contributed by atoms with Crippen LogP contribution in [0, 0.1) is 10.1 Å². The van der Waals surface area contributed by atoms with Crippen molar-refractivity contribution in [1.29, 1.82) is 0 Å². The summed E-state index contributed by atoms with van der Waals surface area (Å²) in [5.41, 5.74) is 0.760. The first-order chi connectivity index (χ1) is 12.0. The predicted octanol–water partition coefficient (Wildman–Crippen LogP) is 3.90. The third-order valence-corrected chi connectivity index (χ3v) is 4.03. The van der Waals surface area contributed by atoms with E-state index < -0.39 is 4.92 Å². The lowest BCUT2D eigenvalue weighted by Crippen LogP contribution is -2.38. The second-order valence-electron chi connectivity index (χ2n) is 5.40. The molecule has 3 rings (SSSR count). The molecule has 3 heterocycles. The Bertz CT molecular complexity index is 830. The Labute approximate surface area is 153 Å². The molecule has 2 aromatic rings. The van der Waals surface area contributed by atoms with Gasteiger partial charge in [-0.1, -0.05) is 17.7 Å². The standard InChI is InChI=1S/C16H14Cl2N4O3/c17-14-4-2-11(9-20-14)10-21-7-1-6-19-16(21)13(22(23)24)8-12-3-5-15(18)25-12/h2-5,8-9H,1,6-7,10H2/b13-8-. The highest BCUT2D eigenvalue weighted by atomic mass is 35.5. The van der Waals surface area contributed by atoms with Crippen molar-refractivity contribution in [3.8, 4) is 0 Å². The van der Waals surface area contributed by atoms with Crippen LogP contribution in [-0.2, 0) is 6.54 Å². The van der Waals surface area contributed by atoms with Crippen molar-refractivity contribution in [2.75, 3.05) is 13.1 Å². The summed E-state index contributed by atoms with van der Waals surface area (Å²) in [7, 11) is 0. The highest BCUT2D eigenvalue weighted by molar-refractivity contribution is 6.29. The smallest absolute Gasteiger partial charge is 0.314 e. The summed E-state index contributed by atoms with van der Waals surface area (Å²) in [4.78, 5) is 21.4. The summed E-state index contributed by atoms with van der Waals surface area (Å²) in [5.74, 6) is 0.622. The summed E-state index contributed by atoms with van der Waals surface area (Å²) in [6.45, 7) is 1.65. The van der Waals surface area contributed by atoms with Gasteiger partial charge in [0.15, 0.2) is 5.22 Å². The van der Waals surface area contributed by atoms with Crippen LogP contribution in [0.15, 0.2) is 45.6 Å². The van der Waals surface area contributed by atoms with E-state index in [9.17, 15) is 10.1 Å². The van der Waals surface area contributed by atoms with E-state index in [1.807, 2.05) is 11.0 Å². The Morgan fingerprint density at radius 1 is 1.36 bits per heavy atom. The molecule has 9 heteroatoms. The van der Waals surface area contributed by atoms with Gasteiger partial charge in [0.05, 0.1) is 11.0 Å². The summed E-state index contributed by atoms with van der Waals surface area (Å²) in [5, 5.41) is 12.1. The fourth-order valence-corrected chi connectivity index (χ4v) is 2.77. The zero-order chi connectivity index (χ0) is 17.8. The molecule has 2 aromatic heterocycles. The maximum absolute atomic E-state index is 11.6. The van der Waals surface area contributed by atoms with Gasteiger partial charge in [-0.15, -0.1) is 0 Å². The van der Waals surface area contributed by atoms with Crippen LogP contribution < -0.4 is 0 Å². The Hall–Kier alpha value is -2.38. The Kier molecular flexibility index (Phi) is 5.35. The molecule has 0 unspecified atom stereocenters. The fraction of sp³-hybridized carbons (Fsp3) is 0.250. The van der Waals surface area contributed by atoms with Crippen LogP contribution in [-0.4, -0.2) is 33.7 Å². The van der Waals surface area contributed by atoms with Crippen LogP contribution in [0.3, 0.4) is 0 Å². The van der Waals surface area contributed by atoms with E-state index in [1.165, 1.54) is 12.1 Å². The topological polar surface area (TPSA) is 84.8 Å². The third kappa shape index (κ3) is 4.37. The SMILES string of the molecule is O=[N+]([O-])/C(=C\c1ccc(Cl)o1)C1=NCCCN1Cc1ccc(Cl)nc1. The number of furan rings is 1. The molecule has 0 aliphatic carbocycles. The molecule has 0 saturated carbocycles. The highest BCUT2D eigenvalue weighted by Crippen LogP contribution is 2.20. The minimum atomic E-state index is -0.465. The van der Waals surface area contributed by atoms with Crippen molar-refractivity contribution >= 4 is 35.1 Å². The number of halogens is 2. The second-order valence-corrected chi connectivity index (χ2v) is 6.16. The molecule has 0 radical (unpaired) electrons. The largest absolute Gasteiger partial charge is 0.445 e. The van der Waals surface area contributed by atoms with Crippen molar-refractivity contribution in [3.05, 3.63) is 68.0 Å². The van der Waals surface area contributed by atoms with E-state index in [2.05, 4.69) is 9.98 Å². The molecule has 130 valence electrons. The van der Waals surface area contributed by atoms with Gasteiger partial charge in [0.1, 0.15) is 10.9 Å². The molecule has 0 bridgehead atoms. The van der Waals surface area contributed by atoms with Crippen LogP contribution in [0.4, 0.5) is 0 Å². The molecule has 0 N–H and O–H groups in total. The quantitative estimate of drug-likeness (QED) is 0.446. The van der Waals surface area contributed by atoms with E-state index in [1.54, 1.807) is 18.3 Å². The molecule has 0 spiro atoms. The molecule has 1 aliphatic heterocycles. The van der Waals surface area contributed by atoms with E-state index >= 15 is 0 Å². The van der Waals surface area contributed by atoms with Gasteiger partial charge in [-0.05, 0) is 41.8 Å². The number of rotatable bonds is 5. The monoisotopic (exact) mass is 380 g/mol. The zero-order valence-electron chi connectivity index (χ0n) is 13.1. The van der Waals surface area contributed by atoms with Crippen molar-refractivity contribution in [3.63, 3.8) is 0 Å². The van der Waals surface area contributed by atoms with Gasteiger partial charge < -0.3 is 9.32 Å². The van der Waals surface area contributed by atoms with Crippen LogP contribution in [0.1, 0.15) is 17.7 Å². The third-order valence-electron chi connectivity index (χ3n) is 3.61. The van der Waals surface area contributed by atoms with Gasteiger partial charge in [0.25, 0.3) is 0 Å². The maximum Gasteiger partial charge on any atom is 0.314 e. The van der Waals surface area contributed by atoms with Crippen molar-refractivity contribution < 1.29 is 9.34 Å². The lowest BCUT2D eigenvalue weighted by Gasteiger charge is -2.27. The molecule has 0 atom stereocenters. The Morgan fingerprint density at radius 3 is 2.84 bits per heavy atom. The average molecular weight is 381 g/mol. The summed E-state index contributed by atoms with van der Waals surface area (Å²) in [6.07, 6.45) is 3.81. The molecule has 0 amide bonds. The van der Waals surface area contributed by atoms with E-state index in [-0.39, 0.29) is 10.9 Å². The molecule has 1 aliphatic rings. The average Bonchev–Trinajstić information content (AvgIpc) is 3.00. The summed E-state index contributed by atoms with van der Waals surface area (Å²) in [6, 6.07) is 6.63. The minimum absolute atomic E-state index is 0.132. The number of amidine groups is 1. The lowest BCUT2D eigenvalue weighted by molar-refractivity contribution is -0.414. The lowest BCUT2D eigenvalue weighted by atomic mass is 10.2. The zero-order valence-corrected chi connectivity index (χ0v) is 14.6. The number of aromatic nitrogens is 1. The maximum atomic E-state index is 11.6. The van der Waals surface area contributed by atoms with Crippen LogP contribution in [0.2, 0.25) is 10.4 Å². The number of aliphatic imine (C=N–C) groups is 1. The van der Waals surface area contributed by atoms with Crippen LogP contribution in [0.5, 0.6) is 0 Å². The molecule has 25 heavy (non-hydrogen) atoms. The number of hydrogen-bond acceptors (Lipinski definition) is 6. The Balaban J connectivity index is 1.89. The summed E-state index contributed by atoms with van der Waals surface area (Å²) >= 11 is 11.5. The molecular weight excluding hydrogens is 367 g/mol. The number of nitro groups is 1. The number of hydrogen-bond donors (Lipinski definition) is 0. The van der Waals surface area contributed by atoms with Gasteiger partial charge in [0, 0.05) is 25.8 Å². The van der Waals surface area contributed by atoms with Gasteiger partial charge in [0.2, 0.25) is 5.84 Å². The van der Waals surface area contributed by atoms with Crippen LogP contribution in [0.25, 0.3) is 6.08 Å². The minimum Gasteiger partial charge on any atom is -0.445 e. The van der Waals surface area contributed by atoms with Gasteiger partial charge in [-0.25, -0.2) is 4.98 Å². The normalized spacial score (nSPS) is 15.2. The first-order valence-corrected chi connectivity index (χ1v) is 8.30. The van der Waals surface area contributed by atoms with Crippen LogP contribution >= 0.6 is 23.2 Å². The van der Waals surface area contributed by atoms with E-state index in [4.69, 9.17) is 27.6 Å².